The zero-order valence-electron chi connectivity index (χ0n) is 9.65. The van der Waals surface area contributed by atoms with Gasteiger partial charge in [-0.1, -0.05) is 0 Å². The summed E-state index contributed by atoms with van der Waals surface area (Å²) in [7, 11) is 0. The number of nitro benzene ring substituents is 1. The second-order valence-electron chi connectivity index (χ2n) is 3.96. The Morgan fingerprint density at radius 1 is 1.11 bits per heavy atom. The van der Waals surface area contributed by atoms with E-state index < -0.39 is 4.92 Å². The van der Waals surface area contributed by atoms with Gasteiger partial charge in [0.25, 0.3) is 0 Å². The Morgan fingerprint density at radius 2 is 1.89 bits per heavy atom. The topological polar surface area (TPSA) is 65.1 Å². The zero-order valence-corrected chi connectivity index (χ0v) is 11.4. The van der Waals surface area contributed by atoms with E-state index in [4.69, 9.17) is 0 Å². The van der Waals surface area contributed by atoms with Gasteiger partial charge in [-0.3, -0.25) is 0 Å². The summed E-state index contributed by atoms with van der Waals surface area (Å²) in [5.74, 6) is 0. The van der Waals surface area contributed by atoms with Gasteiger partial charge in [0.05, 0.1) is 0 Å². The summed E-state index contributed by atoms with van der Waals surface area (Å²) in [6, 6.07) is 13.6. The van der Waals surface area contributed by atoms with Crippen molar-refractivity contribution in [3.05, 3.63) is 69.0 Å². The predicted octanol–water partition coefficient (Wildman–Crippen LogP) is 1.96. The van der Waals surface area contributed by atoms with Crippen molar-refractivity contribution in [3.63, 3.8) is 0 Å². The Balaban J connectivity index is 2.25. The average Bonchev–Trinajstić information content (AvgIpc) is 2.77. The molecule has 1 heterocycles. The summed E-state index contributed by atoms with van der Waals surface area (Å²) >= 11 is -0.164. The number of nitro groups is 1. The zero-order chi connectivity index (χ0) is 13.4. The summed E-state index contributed by atoms with van der Waals surface area (Å²) in [5, 5.41) is 11.5. The second-order valence-corrected chi connectivity index (χ2v) is 6.04. The summed E-state index contributed by atoms with van der Waals surface area (Å²) in [4.78, 5) is 22.6. The maximum absolute atomic E-state index is 12.3. The number of rotatable bonds is 2. The van der Waals surface area contributed by atoms with Crippen LogP contribution in [0.2, 0.25) is 0 Å². The molecular formula is C13H8N2O3Se. The van der Waals surface area contributed by atoms with Crippen molar-refractivity contribution in [3.8, 4) is 5.69 Å². The molecule has 3 aromatic rings. The van der Waals surface area contributed by atoms with Crippen LogP contribution in [0.1, 0.15) is 0 Å². The molecule has 0 radical (unpaired) electrons. The van der Waals surface area contributed by atoms with E-state index in [1.165, 1.54) is 12.1 Å². The summed E-state index contributed by atoms with van der Waals surface area (Å²) in [6.45, 7) is 0. The van der Waals surface area contributed by atoms with Gasteiger partial charge in [0.15, 0.2) is 0 Å². The van der Waals surface area contributed by atoms with Crippen molar-refractivity contribution in [2.45, 2.75) is 0 Å². The van der Waals surface area contributed by atoms with Gasteiger partial charge in [-0.25, -0.2) is 0 Å². The fourth-order valence-electron chi connectivity index (χ4n) is 1.88. The first kappa shape index (κ1) is 11.9. The van der Waals surface area contributed by atoms with Gasteiger partial charge in [-0.2, -0.15) is 0 Å². The molecule has 0 saturated carbocycles. The molecule has 0 aliphatic rings. The molecule has 6 heteroatoms. The molecule has 0 atom stereocenters. The van der Waals surface area contributed by atoms with E-state index in [-0.39, 0.29) is 26.0 Å². The average molecular weight is 319 g/mol. The van der Waals surface area contributed by atoms with Crippen LogP contribution in [0.25, 0.3) is 15.3 Å². The molecule has 0 amide bonds. The molecule has 5 nitrogen and oxygen atoms in total. The number of hydrogen-bond donors (Lipinski definition) is 0. The number of non-ortho nitro benzene ring substituents is 1. The van der Waals surface area contributed by atoms with Crippen LogP contribution in [0, 0.1) is 10.1 Å². The Bertz CT molecular complexity index is 835. The third-order valence-electron chi connectivity index (χ3n) is 2.77. The van der Waals surface area contributed by atoms with Crippen molar-refractivity contribution in [1.29, 1.82) is 0 Å². The normalized spacial score (nSPS) is 10.7. The molecule has 0 N–H and O–H groups in total. The third kappa shape index (κ3) is 2.01. The molecule has 2 aromatic carbocycles. The molecule has 0 spiro atoms. The first-order valence-corrected chi connectivity index (χ1v) is 7.15. The van der Waals surface area contributed by atoms with Crippen molar-refractivity contribution >= 4 is 30.1 Å². The van der Waals surface area contributed by atoms with E-state index in [9.17, 15) is 14.9 Å². The summed E-state index contributed by atoms with van der Waals surface area (Å²) in [5.41, 5.74) is 0.489. The number of nitrogens with zero attached hydrogens (tertiary/aromatic N) is 2. The fourth-order valence-corrected chi connectivity index (χ4v) is 3.95. The van der Waals surface area contributed by atoms with Crippen LogP contribution in [-0.2, 0) is 0 Å². The molecule has 0 saturated heterocycles. The van der Waals surface area contributed by atoms with Crippen LogP contribution in [0.4, 0.5) is 5.69 Å². The SMILES string of the molecule is O=c1c2ccccc2[se]n1-c1cccc([N+](=O)[O-])c1. The van der Waals surface area contributed by atoms with E-state index in [1.54, 1.807) is 21.8 Å². The van der Waals surface area contributed by atoms with Crippen molar-refractivity contribution in [2.75, 3.05) is 0 Å². The van der Waals surface area contributed by atoms with Crippen LogP contribution in [-0.4, -0.2) is 23.2 Å². The van der Waals surface area contributed by atoms with E-state index in [1.807, 2.05) is 18.2 Å². The molecule has 19 heavy (non-hydrogen) atoms. The van der Waals surface area contributed by atoms with Crippen molar-refractivity contribution in [1.82, 2.24) is 3.56 Å². The van der Waals surface area contributed by atoms with Gasteiger partial charge < -0.3 is 0 Å². The Kier molecular flexibility index (Phi) is 2.81. The van der Waals surface area contributed by atoms with E-state index >= 15 is 0 Å². The minimum atomic E-state index is -0.454. The number of aromatic nitrogens is 1. The number of hydrogen-bond acceptors (Lipinski definition) is 3. The molecule has 94 valence electrons. The van der Waals surface area contributed by atoms with Crippen LogP contribution in [0.3, 0.4) is 0 Å². The Morgan fingerprint density at radius 3 is 2.63 bits per heavy atom. The van der Waals surface area contributed by atoms with Gasteiger partial charge in [-0.05, 0) is 0 Å². The molecule has 0 aliphatic heterocycles. The monoisotopic (exact) mass is 320 g/mol. The fraction of sp³-hybridized carbons (Fsp3) is 0. The quantitative estimate of drug-likeness (QED) is 0.412. The molecule has 0 bridgehead atoms. The molecule has 0 fully saturated rings. The first-order valence-electron chi connectivity index (χ1n) is 5.53. The summed E-state index contributed by atoms with van der Waals surface area (Å²) in [6.07, 6.45) is 0. The summed E-state index contributed by atoms with van der Waals surface area (Å²) < 4.78 is 2.62. The van der Waals surface area contributed by atoms with Gasteiger partial charge >= 0.3 is 113 Å². The maximum atomic E-state index is 12.3. The number of fused-ring (bicyclic) bond motifs is 1. The van der Waals surface area contributed by atoms with Gasteiger partial charge in [0.1, 0.15) is 0 Å². The molecule has 3 rings (SSSR count). The third-order valence-corrected chi connectivity index (χ3v) is 5.10. The van der Waals surface area contributed by atoms with Crippen LogP contribution < -0.4 is 5.56 Å². The van der Waals surface area contributed by atoms with E-state index in [0.717, 1.165) is 4.26 Å². The molecule has 0 unspecified atom stereocenters. The van der Waals surface area contributed by atoms with Crippen LogP contribution >= 0.6 is 0 Å². The van der Waals surface area contributed by atoms with E-state index in [2.05, 4.69) is 0 Å². The molecule has 1 aromatic heterocycles. The minimum absolute atomic E-state index is 0.00273. The number of benzene rings is 2. The van der Waals surface area contributed by atoms with Crippen LogP contribution in [0.15, 0.2) is 53.3 Å². The standard InChI is InChI=1S/C13H8N2O3Se/c16-13-11-6-1-2-7-12(11)19-14(13)9-4-3-5-10(8-9)15(17)18/h1-8H. The predicted molar refractivity (Wildman–Crippen MR) is 73.1 cm³/mol. The van der Waals surface area contributed by atoms with Crippen molar-refractivity contribution < 1.29 is 4.92 Å². The second kappa shape index (κ2) is 4.49. The Labute approximate surface area is 113 Å². The van der Waals surface area contributed by atoms with Gasteiger partial charge in [0.2, 0.25) is 0 Å². The van der Waals surface area contributed by atoms with Crippen LogP contribution in [0.5, 0.6) is 0 Å². The Hall–Kier alpha value is -2.17. The first-order chi connectivity index (χ1) is 9.16. The van der Waals surface area contributed by atoms with Crippen molar-refractivity contribution in [2.24, 2.45) is 0 Å². The van der Waals surface area contributed by atoms with Gasteiger partial charge in [0, 0.05) is 0 Å². The van der Waals surface area contributed by atoms with Gasteiger partial charge in [-0.15, -0.1) is 0 Å². The molecule has 0 aliphatic carbocycles. The molecular weight excluding hydrogens is 311 g/mol. The van der Waals surface area contributed by atoms with E-state index in [0.29, 0.717) is 11.1 Å².